The quantitative estimate of drug-likeness (QED) is 0.833. The fourth-order valence-electron chi connectivity index (χ4n) is 1.58. The molecule has 0 aliphatic carbocycles. The molecule has 0 radical (unpaired) electrons. The Balaban J connectivity index is 1.84. The Labute approximate surface area is 98.7 Å². The molecule has 0 fully saturated rings. The van der Waals surface area contributed by atoms with E-state index in [0.717, 1.165) is 0 Å². The lowest BCUT2D eigenvalue weighted by Crippen LogP contribution is -2.26. The minimum atomic E-state index is -0.235. The van der Waals surface area contributed by atoms with E-state index in [-0.39, 0.29) is 11.7 Å². The first kappa shape index (κ1) is 11.4. The van der Waals surface area contributed by atoms with Crippen LogP contribution in [0, 0.1) is 5.82 Å². The van der Waals surface area contributed by atoms with Gasteiger partial charge >= 0.3 is 0 Å². The van der Waals surface area contributed by atoms with Crippen molar-refractivity contribution in [3.05, 3.63) is 59.7 Å². The molecule has 2 N–H and O–H groups in total. The van der Waals surface area contributed by atoms with Gasteiger partial charge in [-0.1, -0.05) is 18.2 Å². The van der Waals surface area contributed by atoms with Crippen molar-refractivity contribution in [1.29, 1.82) is 0 Å². The maximum absolute atomic E-state index is 13.3. The van der Waals surface area contributed by atoms with Gasteiger partial charge < -0.3 is 10.3 Å². The molecule has 1 aromatic carbocycles. The van der Waals surface area contributed by atoms with E-state index in [9.17, 15) is 9.18 Å². The minimum absolute atomic E-state index is 0.175. The molecule has 0 spiro atoms. The largest absolute Gasteiger partial charge is 0.357 e. The molecule has 0 aliphatic heterocycles. The molecule has 4 heteroatoms. The summed E-state index contributed by atoms with van der Waals surface area (Å²) >= 11 is 0. The van der Waals surface area contributed by atoms with Crippen LogP contribution in [0.5, 0.6) is 0 Å². The van der Waals surface area contributed by atoms with Gasteiger partial charge in [-0.15, -0.1) is 0 Å². The molecule has 2 aromatic rings. The van der Waals surface area contributed by atoms with Crippen molar-refractivity contribution in [2.45, 2.75) is 6.42 Å². The lowest BCUT2D eigenvalue weighted by molar-refractivity contribution is 0.0949. The summed E-state index contributed by atoms with van der Waals surface area (Å²) in [6.07, 6.45) is 2.17. The Bertz CT molecular complexity index is 494. The van der Waals surface area contributed by atoms with Crippen LogP contribution in [-0.2, 0) is 6.42 Å². The Hall–Kier alpha value is -2.10. The molecule has 0 atom stereocenters. The number of benzene rings is 1. The van der Waals surface area contributed by atoms with Gasteiger partial charge in [-0.3, -0.25) is 4.79 Å². The smallest absolute Gasteiger partial charge is 0.267 e. The molecule has 1 aromatic heterocycles. The number of amides is 1. The van der Waals surface area contributed by atoms with Crippen molar-refractivity contribution >= 4 is 5.91 Å². The van der Waals surface area contributed by atoms with E-state index >= 15 is 0 Å². The van der Waals surface area contributed by atoms with Gasteiger partial charge in [0.05, 0.1) is 0 Å². The lowest BCUT2D eigenvalue weighted by atomic mass is 10.1. The number of halogens is 1. The number of aromatic amines is 1. The predicted octanol–water partition coefficient (Wildman–Crippen LogP) is 2.13. The zero-order valence-electron chi connectivity index (χ0n) is 9.24. The topological polar surface area (TPSA) is 44.9 Å². The second-order valence-electron chi connectivity index (χ2n) is 3.68. The highest BCUT2D eigenvalue weighted by Gasteiger charge is 2.05. The normalized spacial score (nSPS) is 10.2. The standard InChI is InChI=1S/C13H13FN2O/c14-11-5-2-1-4-10(11)7-9-16-13(17)12-6-3-8-15-12/h1-6,8,15H,7,9H2,(H,16,17). The van der Waals surface area contributed by atoms with Gasteiger partial charge in [0, 0.05) is 12.7 Å². The van der Waals surface area contributed by atoms with Crippen LogP contribution in [0.2, 0.25) is 0 Å². The number of carbonyl (C=O) groups is 1. The van der Waals surface area contributed by atoms with Crippen LogP contribution in [0.15, 0.2) is 42.6 Å². The van der Waals surface area contributed by atoms with Crippen LogP contribution in [-0.4, -0.2) is 17.4 Å². The number of hydrogen-bond acceptors (Lipinski definition) is 1. The van der Waals surface area contributed by atoms with E-state index in [2.05, 4.69) is 10.3 Å². The molecule has 0 saturated carbocycles. The molecule has 0 aliphatic rings. The maximum Gasteiger partial charge on any atom is 0.267 e. The lowest BCUT2D eigenvalue weighted by Gasteiger charge is -2.04. The molecular weight excluding hydrogens is 219 g/mol. The van der Waals surface area contributed by atoms with Gasteiger partial charge in [-0.25, -0.2) is 4.39 Å². The van der Waals surface area contributed by atoms with Crippen molar-refractivity contribution in [2.24, 2.45) is 0 Å². The SMILES string of the molecule is O=C(NCCc1ccccc1F)c1ccc[nH]1. The number of H-pyrrole nitrogens is 1. The van der Waals surface area contributed by atoms with Crippen molar-refractivity contribution < 1.29 is 9.18 Å². The van der Waals surface area contributed by atoms with Crippen molar-refractivity contribution in [3.63, 3.8) is 0 Å². The first-order valence-electron chi connectivity index (χ1n) is 5.42. The zero-order valence-corrected chi connectivity index (χ0v) is 9.24. The van der Waals surface area contributed by atoms with Gasteiger partial charge in [-0.2, -0.15) is 0 Å². The third kappa shape index (κ3) is 2.93. The van der Waals surface area contributed by atoms with Gasteiger partial charge in [0.25, 0.3) is 5.91 Å². The summed E-state index contributed by atoms with van der Waals surface area (Å²) in [4.78, 5) is 14.4. The average Bonchev–Trinajstić information content (AvgIpc) is 2.85. The van der Waals surface area contributed by atoms with E-state index in [4.69, 9.17) is 0 Å². The molecule has 3 nitrogen and oxygen atoms in total. The highest BCUT2D eigenvalue weighted by Crippen LogP contribution is 2.06. The highest BCUT2D eigenvalue weighted by molar-refractivity contribution is 5.92. The number of rotatable bonds is 4. The molecule has 1 heterocycles. The predicted molar refractivity (Wildman–Crippen MR) is 63.2 cm³/mol. The van der Waals surface area contributed by atoms with Gasteiger partial charge in [0.1, 0.15) is 11.5 Å². The molecule has 0 unspecified atom stereocenters. The Morgan fingerprint density at radius 3 is 2.76 bits per heavy atom. The van der Waals surface area contributed by atoms with Gasteiger partial charge in [-0.05, 0) is 30.2 Å². The third-order valence-corrected chi connectivity index (χ3v) is 2.48. The molecule has 0 saturated heterocycles. The number of carbonyl (C=O) groups excluding carboxylic acids is 1. The van der Waals surface area contributed by atoms with Crippen LogP contribution in [0.4, 0.5) is 4.39 Å². The molecular formula is C13H13FN2O. The Kier molecular flexibility index (Phi) is 3.55. The van der Waals surface area contributed by atoms with Crippen molar-refractivity contribution in [1.82, 2.24) is 10.3 Å². The van der Waals surface area contributed by atoms with Gasteiger partial charge in [0.2, 0.25) is 0 Å². The van der Waals surface area contributed by atoms with Crippen LogP contribution in [0.3, 0.4) is 0 Å². The Morgan fingerprint density at radius 2 is 2.06 bits per heavy atom. The third-order valence-electron chi connectivity index (χ3n) is 2.48. The first-order chi connectivity index (χ1) is 8.27. The molecule has 88 valence electrons. The summed E-state index contributed by atoms with van der Waals surface area (Å²) in [7, 11) is 0. The summed E-state index contributed by atoms with van der Waals surface area (Å²) in [5.41, 5.74) is 1.12. The highest BCUT2D eigenvalue weighted by atomic mass is 19.1. The van der Waals surface area contributed by atoms with Crippen LogP contribution >= 0.6 is 0 Å². The Morgan fingerprint density at radius 1 is 1.24 bits per heavy atom. The molecule has 2 rings (SSSR count). The van der Waals surface area contributed by atoms with Crippen LogP contribution < -0.4 is 5.32 Å². The first-order valence-corrected chi connectivity index (χ1v) is 5.42. The number of nitrogens with one attached hydrogen (secondary N) is 2. The number of hydrogen-bond donors (Lipinski definition) is 2. The zero-order chi connectivity index (χ0) is 12.1. The number of aromatic nitrogens is 1. The minimum Gasteiger partial charge on any atom is -0.357 e. The van der Waals surface area contributed by atoms with E-state index in [0.29, 0.717) is 24.2 Å². The van der Waals surface area contributed by atoms with E-state index in [1.54, 1.807) is 36.5 Å². The summed E-state index contributed by atoms with van der Waals surface area (Å²) in [5.74, 6) is -0.409. The molecule has 0 bridgehead atoms. The van der Waals surface area contributed by atoms with Crippen LogP contribution in [0.1, 0.15) is 16.1 Å². The summed E-state index contributed by atoms with van der Waals surface area (Å²) < 4.78 is 13.3. The maximum atomic E-state index is 13.3. The molecule has 1 amide bonds. The fourth-order valence-corrected chi connectivity index (χ4v) is 1.58. The van der Waals surface area contributed by atoms with Crippen LogP contribution in [0.25, 0.3) is 0 Å². The second kappa shape index (κ2) is 5.30. The van der Waals surface area contributed by atoms with E-state index in [1.807, 2.05) is 0 Å². The summed E-state index contributed by atoms with van der Waals surface area (Å²) in [6.45, 7) is 0.415. The van der Waals surface area contributed by atoms with E-state index in [1.165, 1.54) is 6.07 Å². The van der Waals surface area contributed by atoms with Crippen molar-refractivity contribution in [3.8, 4) is 0 Å². The van der Waals surface area contributed by atoms with E-state index < -0.39 is 0 Å². The second-order valence-corrected chi connectivity index (χ2v) is 3.68. The van der Waals surface area contributed by atoms with Crippen molar-refractivity contribution in [2.75, 3.05) is 6.54 Å². The fraction of sp³-hybridized carbons (Fsp3) is 0.154. The molecule has 17 heavy (non-hydrogen) atoms. The average molecular weight is 232 g/mol. The summed E-state index contributed by atoms with van der Waals surface area (Å²) in [6, 6.07) is 10.0. The monoisotopic (exact) mass is 232 g/mol. The summed E-state index contributed by atoms with van der Waals surface area (Å²) in [5, 5.41) is 2.72. The van der Waals surface area contributed by atoms with Gasteiger partial charge in [0.15, 0.2) is 0 Å².